The predicted octanol–water partition coefficient (Wildman–Crippen LogP) is 3.67. The van der Waals surface area contributed by atoms with Crippen LogP contribution in [0.5, 0.6) is 0 Å². The van der Waals surface area contributed by atoms with E-state index in [9.17, 15) is 4.79 Å². The fourth-order valence-corrected chi connectivity index (χ4v) is 2.98. The van der Waals surface area contributed by atoms with Crippen LogP contribution in [0.1, 0.15) is 31.1 Å². The first-order chi connectivity index (χ1) is 11.6. The molecular weight excluding hydrogens is 372 g/mol. The van der Waals surface area contributed by atoms with Gasteiger partial charge in [0.2, 0.25) is 6.10 Å². The van der Waals surface area contributed by atoms with E-state index in [2.05, 4.69) is 26.4 Å². The molecule has 0 fully saturated rings. The molecule has 0 bridgehead atoms. The van der Waals surface area contributed by atoms with Gasteiger partial charge in [0.05, 0.1) is 12.0 Å². The zero-order valence-corrected chi connectivity index (χ0v) is 15.0. The first-order valence-corrected chi connectivity index (χ1v) is 8.72. The van der Waals surface area contributed by atoms with E-state index >= 15 is 0 Å². The SMILES string of the molecule is CC(CCc1ccco1)NC(=O)C1CC(c2cccc(Br)c2)=NO1. The summed E-state index contributed by atoms with van der Waals surface area (Å²) in [6.45, 7) is 1.98. The van der Waals surface area contributed by atoms with Crippen molar-refractivity contribution in [2.75, 3.05) is 0 Å². The van der Waals surface area contributed by atoms with Crippen molar-refractivity contribution in [3.63, 3.8) is 0 Å². The summed E-state index contributed by atoms with van der Waals surface area (Å²) in [6, 6.07) is 11.7. The van der Waals surface area contributed by atoms with E-state index in [1.807, 2.05) is 43.3 Å². The van der Waals surface area contributed by atoms with Crippen LogP contribution in [0.15, 0.2) is 56.7 Å². The predicted molar refractivity (Wildman–Crippen MR) is 94.8 cm³/mol. The molecule has 1 N–H and O–H groups in total. The third-order valence-electron chi connectivity index (χ3n) is 3.91. The van der Waals surface area contributed by atoms with Crippen LogP contribution in [0.4, 0.5) is 0 Å². The maximum absolute atomic E-state index is 12.3. The molecule has 2 aromatic rings. The van der Waals surface area contributed by atoms with Crippen molar-refractivity contribution < 1.29 is 14.0 Å². The number of rotatable bonds is 6. The lowest BCUT2D eigenvalue weighted by Gasteiger charge is -2.15. The Morgan fingerprint density at radius 2 is 2.29 bits per heavy atom. The van der Waals surface area contributed by atoms with Gasteiger partial charge in [-0.25, -0.2) is 0 Å². The molecule has 1 aliphatic heterocycles. The van der Waals surface area contributed by atoms with Gasteiger partial charge in [-0.1, -0.05) is 33.2 Å². The number of furan rings is 1. The topological polar surface area (TPSA) is 63.8 Å². The molecule has 1 amide bonds. The molecule has 1 aliphatic rings. The van der Waals surface area contributed by atoms with Crippen LogP contribution in [-0.2, 0) is 16.1 Å². The van der Waals surface area contributed by atoms with Crippen molar-refractivity contribution in [3.8, 4) is 0 Å². The maximum Gasteiger partial charge on any atom is 0.264 e. The molecule has 1 aromatic heterocycles. The molecule has 5 nitrogen and oxygen atoms in total. The monoisotopic (exact) mass is 390 g/mol. The van der Waals surface area contributed by atoms with E-state index in [1.54, 1.807) is 6.26 Å². The molecular formula is C18H19BrN2O3. The molecule has 0 spiro atoms. The van der Waals surface area contributed by atoms with Gasteiger partial charge in [0.15, 0.2) is 0 Å². The number of nitrogens with zero attached hydrogens (tertiary/aromatic N) is 1. The molecule has 3 rings (SSSR count). The van der Waals surface area contributed by atoms with E-state index in [1.165, 1.54) is 0 Å². The zero-order valence-electron chi connectivity index (χ0n) is 13.4. The summed E-state index contributed by atoms with van der Waals surface area (Å²) in [5.74, 6) is 0.796. The molecule has 6 heteroatoms. The lowest BCUT2D eigenvalue weighted by atomic mass is 10.0. The average molecular weight is 391 g/mol. The third kappa shape index (κ3) is 4.26. The van der Waals surface area contributed by atoms with E-state index in [-0.39, 0.29) is 11.9 Å². The number of hydrogen-bond donors (Lipinski definition) is 1. The highest BCUT2D eigenvalue weighted by atomic mass is 79.9. The smallest absolute Gasteiger partial charge is 0.264 e. The highest BCUT2D eigenvalue weighted by molar-refractivity contribution is 9.10. The summed E-state index contributed by atoms with van der Waals surface area (Å²) in [5.41, 5.74) is 1.75. The Morgan fingerprint density at radius 1 is 1.42 bits per heavy atom. The molecule has 0 saturated carbocycles. The Morgan fingerprint density at radius 3 is 3.04 bits per heavy atom. The summed E-state index contributed by atoms with van der Waals surface area (Å²) in [5, 5.41) is 7.04. The minimum absolute atomic E-state index is 0.0427. The second kappa shape index (κ2) is 7.66. The van der Waals surface area contributed by atoms with Crippen molar-refractivity contribution in [1.82, 2.24) is 5.32 Å². The van der Waals surface area contributed by atoms with Gasteiger partial charge in [-0.3, -0.25) is 4.79 Å². The normalized spacial score (nSPS) is 17.9. The van der Waals surface area contributed by atoms with Crippen LogP contribution in [0.3, 0.4) is 0 Å². The van der Waals surface area contributed by atoms with Gasteiger partial charge in [-0.15, -0.1) is 0 Å². The number of aryl methyl sites for hydroxylation is 1. The van der Waals surface area contributed by atoms with Crippen molar-refractivity contribution in [3.05, 3.63) is 58.5 Å². The zero-order chi connectivity index (χ0) is 16.9. The molecule has 1 aromatic carbocycles. The summed E-state index contributed by atoms with van der Waals surface area (Å²) >= 11 is 3.44. The second-order valence-corrected chi connectivity index (χ2v) is 6.79. The van der Waals surface area contributed by atoms with Gasteiger partial charge in [-0.2, -0.15) is 0 Å². The molecule has 126 valence electrons. The Hall–Kier alpha value is -2.08. The molecule has 24 heavy (non-hydrogen) atoms. The number of hydrogen-bond acceptors (Lipinski definition) is 4. The Balaban J connectivity index is 1.48. The lowest BCUT2D eigenvalue weighted by Crippen LogP contribution is -2.40. The Labute approximate surface area is 149 Å². The van der Waals surface area contributed by atoms with E-state index < -0.39 is 6.10 Å². The molecule has 0 radical (unpaired) electrons. The second-order valence-electron chi connectivity index (χ2n) is 5.87. The lowest BCUT2D eigenvalue weighted by molar-refractivity contribution is -0.131. The third-order valence-corrected chi connectivity index (χ3v) is 4.40. The molecule has 2 heterocycles. The number of nitrogens with one attached hydrogen (secondary N) is 1. The number of amides is 1. The Kier molecular flexibility index (Phi) is 5.35. The minimum atomic E-state index is -0.565. The van der Waals surface area contributed by atoms with Gasteiger partial charge < -0.3 is 14.6 Å². The first kappa shape index (κ1) is 16.8. The van der Waals surface area contributed by atoms with Crippen molar-refractivity contribution >= 4 is 27.5 Å². The van der Waals surface area contributed by atoms with Gasteiger partial charge in [-0.05, 0) is 37.6 Å². The van der Waals surface area contributed by atoms with Crippen LogP contribution in [-0.4, -0.2) is 23.8 Å². The number of carbonyl (C=O) groups excluding carboxylic acids is 1. The number of halogens is 1. The fraction of sp³-hybridized carbons (Fsp3) is 0.333. The van der Waals surface area contributed by atoms with Gasteiger partial charge in [0.1, 0.15) is 5.76 Å². The largest absolute Gasteiger partial charge is 0.469 e. The molecule has 2 atom stereocenters. The first-order valence-electron chi connectivity index (χ1n) is 7.93. The quantitative estimate of drug-likeness (QED) is 0.817. The number of oxime groups is 1. The summed E-state index contributed by atoms with van der Waals surface area (Å²) in [6.07, 6.45) is 3.18. The number of carbonyl (C=O) groups is 1. The van der Waals surface area contributed by atoms with Crippen LogP contribution in [0, 0.1) is 0 Å². The summed E-state index contributed by atoms with van der Waals surface area (Å²) in [7, 11) is 0. The van der Waals surface area contributed by atoms with Crippen LogP contribution < -0.4 is 5.32 Å². The van der Waals surface area contributed by atoms with Gasteiger partial charge in [0.25, 0.3) is 5.91 Å². The van der Waals surface area contributed by atoms with Crippen molar-refractivity contribution in [2.45, 2.75) is 38.3 Å². The molecule has 0 aliphatic carbocycles. The molecule has 2 unspecified atom stereocenters. The highest BCUT2D eigenvalue weighted by Gasteiger charge is 2.29. The van der Waals surface area contributed by atoms with Crippen molar-refractivity contribution in [1.29, 1.82) is 0 Å². The van der Waals surface area contributed by atoms with Gasteiger partial charge in [0, 0.05) is 28.9 Å². The van der Waals surface area contributed by atoms with E-state index in [0.29, 0.717) is 6.42 Å². The molecule has 0 saturated heterocycles. The number of benzene rings is 1. The highest BCUT2D eigenvalue weighted by Crippen LogP contribution is 2.20. The van der Waals surface area contributed by atoms with Crippen LogP contribution >= 0.6 is 15.9 Å². The van der Waals surface area contributed by atoms with E-state index in [4.69, 9.17) is 9.25 Å². The summed E-state index contributed by atoms with van der Waals surface area (Å²) < 4.78 is 6.28. The van der Waals surface area contributed by atoms with Crippen LogP contribution in [0.2, 0.25) is 0 Å². The van der Waals surface area contributed by atoms with Crippen LogP contribution in [0.25, 0.3) is 0 Å². The summed E-state index contributed by atoms with van der Waals surface area (Å²) in [4.78, 5) is 17.6. The van der Waals surface area contributed by atoms with Crippen molar-refractivity contribution in [2.24, 2.45) is 5.16 Å². The minimum Gasteiger partial charge on any atom is -0.469 e. The van der Waals surface area contributed by atoms with Gasteiger partial charge >= 0.3 is 0 Å². The maximum atomic E-state index is 12.3. The van der Waals surface area contributed by atoms with E-state index in [0.717, 1.165) is 34.3 Å². The fourth-order valence-electron chi connectivity index (χ4n) is 2.58. The Bertz CT molecular complexity index is 728. The average Bonchev–Trinajstić information content (AvgIpc) is 3.24. The standard InChI is InChI=1S/C18H19BrN2O3/c1-12(7-8-15-6-3-9-23-15)20-18(22)17-11-16(21-24-17)13-4-2-5-14(19)10-13/h2-6,9-10,12,17H,7-8,11H2,1H3,(H,20,22).